The molecule has 0 radical (unpaired) electrons. The zero-order valence-electron chi connectivity index (χ0n) is 17.1. The van der Waals surface area contributed by atoms with Crippen LogP contribution in [0.4, 0.5) is 0 Å². The van der Waals surface area contributed by atoms with Gasteiger partial charge in [0.15, 0.2) is 17.5 Å². The molecule has 5 nitrogen and oxygen atoms in total. The number of benzene rings is 3. The van der Waals surface area contributed by atoms with E-state index in [2.05, 4.69) is 58.1 Å². The van der Waals surface area contributed by atoms with Crippen LogP contribution in [0.5, 0.6) is 11.5 Å². The second-order valence-corrected chi connectivity index (χ2v) is 6.43. The van der Waals surface area contributed by atoms with E-state index in [9.17, 15) is 0 Å². The number of nitrogens with one attached hydrogen (secondary N) is 2. The first-order valence-electron chi connectivity index (χ1n) is 9.37. The van der Waals surface area contributed by atoms with E-state index in [-0.39, 0.29) is 24.0 Å². The van der Waals surface area contributed by atoms with Gasteiger partial charge in [-0.3, -0.25) is 4.99 Å². The van der Waals surface area contributed by atoms with Crippen molar-refractivity contribution in [2.24, 2.45) is 4.99 Å². The van der Waals surface area contributed by atoms with Crippen molar-refractivity contribution >= 4 is 40.7 Å². The Labute approximate surface area is 189 Å². The number of hydrogen-bond acceptors (Lipinski definition) is 3. The minimum atomic E-state index is 0. The van der Waals surface area contributed by atoms with E-state index < -0.39 is 0 Å². The summed E-state index contributed by atoms with van der Waals surface area (Å²) in [6.45, 7) is 1.45. The predicted octanol–water partition coefficient (Wildman–Crippen LogP) is 4.38. The van der Waals surface area contributed by atoms with Crippen molar-refractivity contribution in [3.8, 4) is 11.5 Å². The van der Waals surface area contributed by atoms with Crippen LogP contribution in [-0.4, -0.2) is 33.8 Å². The van der Waals surface area contributed by atoms with E-state index in [1.165, 1.54) is 16.3 Å². The molecule has 0 aliphatic carbocycles. The summed E-state index contributed by atoms with van der Waals surface area (Å²) >= 11 is 0. The number of hydrogen-bond donors (Lipinski definition) is 2. The fraction of sp³-hybridized carbons (Fsp3) is 0.261. The summed E-state index contributed by atoms with van der Waals surface area (Å²) in [5.41, 5.74) is 2.43. The lowest BCUT2D eigenvalue weighted by Gasteiger charge is -2.14. The van der Waals surface area contributed by atoms with Crippen molar-refractivity contribution in [3.05, 3.63) is 71.8 Å². The number of aliphatic imine (C=N–C) groups is 1. The van der Waals surface area contributed by atoms with Crippen LogP contribution in [0.1, 0.15) is 11.1 Å². The number of guanidine groups is 1. The first-order valence-corrected chi connectivity index (χ1v) is 9.37. The van der Waals surface area contributed by atoms with Crippen molar-refractivity contribution in [1.29, 1.82) is 0 Å². The highest BCUT2D eigenvalue weighted by Crippen LogP contribution is 2.27. The van der Waals surface area contributed by atoms with E-state index in [0.29, 0.717) is 6.54 Å². The van der Waals surface area contributed by atoms with Gasteiger partial charge >= 0.3 is 0 Å². The molecule has 3 aromatic rings. The molecule has 0 atom stereocenters. The molecule has 0 amide bonds. The van der Waals surface area contributed by atoms with Gasteiger partial charge in [-0.15, -0.1) is 24.0 Å². The predicted molar refractivity (Wildman–Crippen MR) is 131 cm³/mol. The Hall–Kier alpha value is -2.48. The fourth-order valence-corrected chi connectivity index (χ4v) is 3.22. The van der Waals surface area contributed by atoms with Gasteiger partial charge in [0.1, 0.15) is 0 Å². The lowest BCUT2D eigenvalue weighted by molar-refractivity contribution is 0.354. The molecule has 0 spiro atoms. The Morgan fingerprint density at radius 3 is 2.41 bits per heavy atom. The Balaban J connectivity index is 0.00000300. The maximum absolute atomic E-state index is 5.36. The number of rotatable bonds is 7. The van der Waals surface area contributed by atoms with Crippen LogP contribution in [-0.2, 0) is 13.0 Å². The van der Waals surface area contributed by atoms with Gasteiger partial charge in [-0.1, -0.05) is 48.5 Å². The van der Waals surface area contributed by atoms with Gasteiger partial charge in [-0.05, 0) is 40.5 Å². The quantitative estimate of drug-likeness (QED) is 0.284. The highest BCUT2D eigenvalue weighted by molar-refractivity contribution is 14.0. The summed E-state index contributed by atoms with van der Waals surface area (Å²) in [4.78, 5) is 4.31. The first kappa shape index (κ1) is 22.8. The van der Waals surface area contributed by atoms with Gasteiger partial charge in [-0.25, -0.2) is 0 Å². The second kappa shape index (κ2) is 11.5. The van der Waals surface area contributed by atoms with Gasteiger partial charge in [0.05, 0.1) is 14.2 Å². The van der Waals surface area contributed by atoms with E-state index in [0.717, 1.165) is 36.0 Å². The van der Waals surface area contributed by atoms with Crippen molar-refractivity contribution in [2.75, 3.05) is 27.8 Å². The molecule has 154 valence electrons. The Morgan fingerprint density at radius 2 is 1.66 bits per heavy atom. The summed E-state index contributed by atoms with van der Waals surface area (Å²) in [7, 11) is 5.06. The fourth-order valence-electron chi connectivity index (χ4n) is 3.22. The molecule has 0 aromatic heterocycles. The molecule has 0 aliphatic heterocycles. The zero-order chi connectivity index (χ0) is 19.8. The van der Waals surface area contributed by atoms with E-state index >= 15 is 0 Å². The largest absolute Gasteiger partial charge is 0.493 e. The number of fused-ring (bicyclic) bond motifs is 1. The van der Waals surface area contributed by atoms with Crippen LogP contribution in [0.25, 0.3) is 10.8 Å². The van der Waals surface area contributed by atoms with Crippen LogP contribution in [0, 0.1) is 0 Å². The maximum atomic E-state index is 5.36. The molecule has 0 fully saturated rings. The lowest BCUT2D eigenvalue weighted by Crippen LogP contribution is -2.37. The third kappa shape index (κ3) is 6.00. The molecule has 0 unspecified atom stereocenters. The van der Waals surface area contributed by atoms with Crippen LogP contribution < -0.4 is 20.1 Å². The normalized spacial score (nSPS) is 10.9. The van der Waals surface area contributed by atoms with E-state index in [1.807, 2.05) is 18.2 Å². The highest BCUT2D eigenvalue weighted by atomic mass is 127. The minimum absolute atomic E-state index is 0. The third-order valence-corrected chi connectivity index (χ3v) is 4.70. The molecule has 3 aromatic carbocycles. The van der Waals surface area contributed by atoms with Gasteiger partial charge in [0.25, 0.3) is 0 Å². The van der Waals surface area contributed by atoms with Gasteiger partial charge in [0, 0.05) is 20.1 Å². The monoisotopic (exact) mass is 505 g/mol. The van der Waals surface area contributed by atoms with Crippen molar-refractivity contribution in [1.82, 2.24) is 10.6 Å². The molecule has 0 saturated heterocycles. The number of nitrogens with zero attached hydrogens (tertiary/aromatic N) is 1. The molecule has 0 bridgehead atoms. The molecule has 6 heteroatoms. The smallest absolute Gasteiger partial charge is 0.191 e. The first-order chi connectivity index (χ1) is 13.7. The number of halogens is 1. The summed E-state index contributed by atoms with van der Waals surface area (Å²) in [5.74, 6) is 2.22. The van der Waals surface area contributed by atoms with Crippen LogP contribution in [0.2, 0.25) is 0 Å². The maximum Gasteiger partial charge on any atom is 0.191 e. The molecular weight excluding hydrogens is 477 g/mol. The van der Waals surface area contributed by atoms with Crippen molar-refractivity contribution < 1.29 is 9.47 Å². The molecule has 3 rings (SSSR count). The zero-order valence-corrected chi connectivity index (χ0v) is 19.4. The van der Waals surface area contributed by atoms with E-state index in [1.54, 1.807) is 21.3 Å². The van der Waals surface area contributed by atoms with Crippen LogP contribution >= 0.6 is 24.0 Å². The number of ether oxygens (including phenoxy) is 2. The lowest BCUT2D eigenvalue weighted by atomic mass is 10.0. The van der Waals surface area contributed by atoms with Crippen molar-refractivity contribution in [2.45, 2.75) is 13.0 Å². The molecule has 2 N–H and O–H groups in total. The average molecular weight is 505 g/mol. The Kier molecular flexibility index (Phi) is 9.05. The molecule has 0 aliphatic rings. The summed E-state index contributed by atoms with van der Waals surface area (Å²) in [6.07, 6.45) is 0.929. The van der Waals surface area contributed by atoms with Crippen LogP contribution in [0.15, 0.2) is 65.7 Å². The minimum Gasteiger partial charge on any atom is -0.493 e. The van der Waals surface area contributed by atoms with E-state index in [4.69, 9.17) is 9.47 Å². The SMILES string of the molecule is CN=C(NCCc1cccc2ccccc12)NCc1ccc(OC)c(OC)c1.I. The average Bonchev–Trinajstić information content (AvgIpc) is 2.75. The van der Waals surface area contributed by atoms with Crippen molar-refractivity contribution in [3.63, 3.8) is 0 Å². The highest BCUT2D eigenvalue weighted by Gasteiger charge is 2.06. The van der Waals surface area contributed by atoms with Gasteiger partial charge in [0.2, 0.25) is 0 Å². The summed E-state index contributed by atoms with van der Waals surface area (Å²) in [6, 6.07) is 20.8. The number of methoxy groups -OCH3 is 2. The molecular formula is C23H28IN3O2. The standard InChI is InChI=1S/C23H27N3O2.HI/c1-24-23(26-16-17-11-12-21(27-2)22(15-17)28-3)25-14-13-19-9-6-8-18-7-4-5-10-20(18)19;/h4-12,15H,13-14,16H2,1-3H3,(H2,24,25,26);1H. The summed E-state index contributed by atoms with van der Waals surface area (Å²) in [5, 5.41) is 9.31. The molecule has 29 heavy (non-hydrogen) atoms. The Bertz CT molecular complexity index is 955. The Morgan fingerprint density at radius 1 is 0.897 bits per heavy atom. The third-order valence-electron chi connectivity index (χ3n) is 4.70. The van der Waals surface area contributed by atoms with Gasteiger partial charge < -0.3 is 20.1 Å². The van der Waals surface area contributed by atoms with Gasteiger partial charge in [-0.2, -0.15) is 0 Å². The topological polar surface area (TPSA) is 54.9 Å². The van der Waals surface area contributed by atoms with Crippen LogP contribution in [0.3, 0.4) is 0 Å². The molecule has 0 heterocycles. The molecule has 0 saturated carbocycles. The summed E-state index contributed by atoms with van der Waals surface area (Å²) < 4.78 is 10.6. The second-order valence-electron chi connectivity index (χ2n) is 6.43.